The number of alkyl halides is 3. The Hall–Kier alpha value is -4.12. The molecule has 13 nitrogen and oxygen atoms in total. The van der Waals surface area contributed by atoms with Crippen LogP contribution in [0, 0.1) is 11.8 Å². The standard InChI is InChI=1S/C33H39ClF3N11O2/c1-19-4-3-5-27(24-10-20(8-9-38-24)32-25(39-14-19)15-43-48(32)29-13-30(50-2)41-17-40-29)46-18-42-23(12-31(46)49)22-11-21(34)6-7-26(22)47-16-28(44-45-47)33(35,36)37/h6-7,11-13,16-20,24-25,27,32,38-39,43H,3-5,8-10,14-15H2,1-2H3/t19-,20?,24?,25?,27+,32?/m1/s1. The molecule has 6 heterocycles. The molecule has 3 aromatic heterocycles. The summed E-state index contributed by atoms with van der Waals surface area (Å²) in [7, 11) is 1.59. The van der Waals surface area contributed by atoms with Gasteiger partial charge in [-0.15, -0.1) is 5.10 Å². The van der Waals surface area contributed by atoms with Gasteiger partial charge in [-0.2, -0.15) is 13.2 Å². The van der Waals surface area contributed by atoms with Crippen LogP contribution in [-0.2, 0) is 6.18 Å². The number of methoxy groups -OCH3 is 1. The van der Waals surface area contributed by atoms with Crippen LogP contribution in [0.2, 0.25) is 5.02 Å². The predicted octanol–water partition coefficient (Wildman–Crippen LogP) is 4.04. The Morgan fingerprint density at radius 2 is 1.88 bits per heavy atom. The molecule has 3 aliphatic rings. The van der Waals surface area contributed by atoms with Crippen LogP contribution < -0.4 is 31.4 Å². The van der Waals surface area contributed by atoms with Crippen molar-refractivity contribution in [3.63, 3.8) is 0 Å². The molecule has 3 N–H and O–H groups in total. The zero-order chi connectivity index (χ0) is 35.0. The zero-order valence-electron chi connectivity index (χ0n) is 27.6. The minimum Gasteiger partial charge on any atom is -0.481 e. The largest absolute Gasteiger partial charge is 0.481 e. The van der Waals surface area contributed by atoms with Crippen LogP contribution in [0.3, 0.4) is 0 Å². The van der Waals surface area contributed by atoms with E-state index in [4.69, 9.17) is 16.3 Å². The first kappa shape index (κ1) is 34.3. The molecule has 0 aliphatic carbocycles. The van der Waals surface area contributed by atoms with Gasteiger partial charge < -0.3 is 15.4 Å². The van der Waals surface area contributed by atoms with Gasteiger partial charge in [-0.1, -0.05) is 30.2 Å². The normalized spacial score (nSPS) is 26.2. The topological polar surface area (TPSA) is 140 Å². The SMILES string of the molecule is COc1cc(N2NCC3NC[C@H](C)CCC[C@H](n4cnc(-c5cc(Cl)ccc5-n5cc(C(F)(F)F)nn5)cc4=O)C4CC(CCN4)C32)ncn1. The number of aromatic nitrogens is 7. The summed E-state index contributed by atoms with van der Waals surface area (Å²) in [6, 6.07) is 7.99. The number of benzene rings is 1. The van der Waals surface area contributed by atoms with Gasteiger partial charge >= 0.3 is 6.18 Å². The summed E-state index contributed by atoms with van der Waals surface area (Å²) in [4.78, 5) is 27.4. The van der Waals surface area contributed by atoms with Crippen molar-refractivity contribution in [1.29, 1.82) is 0 Å². The molecule has 3 aliphatic heterocycles. The number of nitrogens with zero attached hydrogens (tertiary/aromatic N) is 8. The first-order valence-electron chi connectivity index (χ1n) is 16.8. The molecule has 0 saturated carbocycles. The highest BCUT2D eigenvalue weighted by Gasteiger charge is 2.44. The molecular formula is C33H39ClF3N11O2. The molecule has 50 heavy (non-hydrogen) atoms. The molecule has 3 fully saturated rings. The maximum absolute atomic E-state index is 14.0. The second kappa shape index (κ2) is 14.2. The highest BCUT2D eigenvalue weighted by molar-refractivity contribution is 6.31. The third-order valence-electron chi connectivity index (χ3n) is 10.1. The Bertz CT molecular complexity index is 1870. The van der Waals surface area contributed by atoms with Gasteiger partial charge in [0.2, 0.25) is 5.88 Å². The van der Waals surface area contributed by atoms with E-state index in [0.717, 1.165) is 68.4 Å². The molecule has 17 heteroatoms. The Morgan fingerprint density at radius 1 is 1.02 bits per heavy atom. The Kier molecular flexibility index (Phi) is 9.78. The molecule has 0 amide bonds. The maximum atomic E-state index is 14.0. The van der Waals surface area contributed by atoms with E-state index in [2.05, 4.69) is 53.3 Å². The van der Waals surface area contributed by atoms with Crippen molar-refractivity contribution in [1.82, 2.24) is 50.6 Å². The lowest BCUT2D eigenvalue weighted by atomic mass is 9.79. The Labute approximate surface area is 291 Å². The third-order valence-corrected chi connectivity index (χ3v) is 10.3. The van der Waals surface area contributed by atoms with Gasteiger partial charge in [0.1, 0.15) is 12.1 Å². The van der Waals surface area contributed by atoms with E-state index in [1.54, 1.807) is 24.1 Å². The van der Waals surface area contributed by atoms with Crippen LogP contribution >= 0.6 is 11.6 Å². The molecule has 0 spiro atoms. The summed E-state index contributed by atoms with van der Waals surface area (Å²) in [6.07, 6.45) is 3.66. The molecule has 0 radical (unpaired) electrons. The molecule has 3 saturated heterocycles. The maximum Gasteiger partial charge on any atom is 0.436 e. The summed E-state index contributed by atoms with van der Waals surface area (Å²) in [5, 5.41) is 17.0. The average Bonchev–Trinajstić information content (AvgIpc) is 3.78. The number of hydrogen-bond donors (Lipinski definition) is 3. The summed E-state index contributed by atoms with van der Waals surface area (Å²) in [6.45, 7) is 4.66. The van der Waals surface area contributed by atoms with E-state index in [0.29, 0.717) is 22.4 Å². The minimum atomic E-state index is -4.66. The number of halogens is 4. The lowest BCUT2D eigenvalue weighted by molar-refractivity contribution is -0.141. The van der Waals surface area contributed by atoms with Crippen molar-refractivity contribution in [3.05, 3.63) is 70.3 Å². The van der Waals surface area contributed by atoms with Gasteiger partial charge in [-0.25, -0.2) is 25.1 Å². The van der Waals surface area contributed by atoms with E-state index >= 15 is 0 Å². The molecule has 6 atom stereocenters. The van der Waals surface area contributed by atoms with Gasteiger partial charge in [-0.05, 0) is 68.8 Å². The number of hydrogen-bond acceptors (Lipinski definition) is 11. The van der Waals surface area contributed by atoms with Crippen molar-refractivity contribution in [2.75, 3.05) is 31.8 Å². The van der Waals surface area contributed by atoms with Gasteiger partial charge in [-0.3, -0.25) is 14.4 Å². The van der Waals surface area contributed by atoms with Gasteiger partial charge in [0, 0.05) is 41.3 Å². The van der Waals surface area contributed by atoms with Crippen LogP contribution in [0.1, 0.15) is 50.8 Å². The van der Waals surface area contributed by atoms with Gasteiger partial charge in [0.05, 0.1) is 43.1 Å². The van der Waals surface area contributed by atoms with Crippen LogP contribution in [0.15, 0.2) is 54.0 Å². The molecule has 4 aromatic rings. The minimum absolute atomic E-state index is 0.00506. The lowest BCUT2D eigenvalue weighted by Crippen LogP contribution is -2.55. The zero-order valence-corrected chi connectivity index (χ0v) is 28.4. The summed E-state index contributed by atoms with van der Waals surface area (Å²) >= 11 is 6.31. The second-order valence-corrected chi connectivity index (χ2v) is 13.8. The average molecular weight is 714 g/mol. The Morgan fingerprint density at radius 3 is 2.66 bits per heavy atom. The number of hydrazine groups is 1. The van der Waals surface area contributed by atoms with Crippen LogP contribution in [0.5, 0.6) is 5.88 Å². The van der Waals surface area contributed by atoms with Gasteiger partial charge in [0.15, 0.2) is 5.69 Å². The fourth-order valence-electron chi connectivity index (χ4n) is 7.62. The van der Waals surface area contributed by atoms with E-state index in [1.165, 1.54) is 24.5 Å². The summed E-state index contributed by atoms with van der Waals surface area (Å²) in [5.74, 6) is 1.93. The van der Waals surface area contributed by atoms with Crippen molar-refractivity contribution in [2.24, 2.45) is 11.8 Å². The summed E-state index contributed by atoms with van der Waals surface area (Å²) < 4.78 is 48.0. The quantitative estimate of drug-likeness (QED) is 0.276. The number of fused-ring (bicyclic) bond motifs is 4. The van der Waals surface area contributed by atoms with E-state index in [-0.39, 0.29) is 47.0 Å². The number of ether oxygens (including phenoxy) is 1. The van der Waals surface area contributed by atoms with E-state index in [9.17, 15) is 18.0 Å². The number of piperidine rings is 1. The predicted molar refractivity (Wildman–Crippen MR) is 180 cm³/mol. The molecule has 2 bridgehead atoms. The number of rotatable bonds is 5. The van der Waals surface area contributed by atoms with Crippen LogP contribution in [0.4, 0.5) is 19.0 Å². The smallest absolute Gasteiger partial charge is 0.436 e. The molecule has 266 valence electrons. The highest BCUT2D eigenvalue weighted by atomic mass is 35.5. The molecule has 4 unspecified atom stereocenters. The van der Waals surface area contributed by atoms with Crippen molar-refractivity contribution in [2.45, 2.75) is 69.4 Å². The summed E-state index contributed by atoms with van der Waals surface area (Å²) in [5.41, 5.74) is 3.07. The second-order valence-electron chi connectivity index (χ2n) is 13.3. The first-order chi connectivity index (χ1) is 24.1. The monoisotopic (exact) mass is 713 g/mol. The first-order valence-corrected chi connectivity index (χ1v) is 17.2. The highest BCUT2D eigenvalue weighted by Crippen LogP contribution is 2.36. The lowest BCUT2D eigenvalue weighted by Gasteiger charge is -2.42. The van der Waals surface area contributed by atoms with E-state index in [1.807, 2.05) is 6.07 Å². The van der Waals surface area contributed by atoms with Crippen LogP contribution in [0.25, 0.3) is 16.9 Å². The number of nitrogens with one attached hydrogen (secondary N) is 3. The number of anilines is 1. The molecule has 7 rings (SSSR count). The van der Waals surface area contributed by atoms with Crippen molar-refractivity contribution < 1.29 is 17.9 Å². The fourth-order valence-corrected chi connectivity index (χ4v) is 7.79. The Balaban J connectivity index is 1.21. The van der Waals surface area contributed by atoms with Crippen LogP contribution in [-0.4, -0.2) is 79.4 Å². The molecular weight excluding hydrogens is 675 g/mol. The van der Waals surface area contributed by atoms with Gasteiger partial charge in [0.25, 0.3) is 5.56 Å². The molecule has 1 aromatic carbocycles. The van der Waals surface area contributed by atoms with E-state index < -0.39 is 11.9 Å². The van der Waals surface area contributed by atoms with Crippen molar-refractivity contribution >= 4 is 17.4 Å². The van der Waals surface area contributed by atoms with Crippen molar-refractivity contribution in [3.8, 4) is 22.8 Å². The fraction of sp³-hybridized carbons (Fsp3) is 0.515. The third kappa shape index (κ3) is 7.06.